The Labute approximate surface area is 225 Å². The van der Waals surface area contributed by atoms with Gasteiger partial charge < -0.3 is 15.1 Å². The fraction of sp³-hybridized carbons (Fsp3) is 0.484. The molecule has 7 heteroatoms. The van der Waals surface area contributed by atoms with Gasteiger partial charge in [-0.1, -0.05) is 6.07 Å². The number of nitriles is 1. The largest absolute Gasteiger partial charge is 0.369 e. The standard InChI is InChI=1S/C31H37N7/c1-22-18-37(30-7-5-24(17-32)31-29(30)3-2-9-34-31)20-28-16-27(21-38(22)28)36-12-8-23-15-26(6-4-25(23)19-36)35-13-10-33-11-14-35/h2-7,9,15,22,27-28,33H,8,10-14,16,18-21H2,1H3/t22-,27+,28+/m1/s1. The number of aromatic nitrogens is 1. The number of anilines is 2. The highest BCUT2D eigenvalue weighted by Crippen LogP contribution is 2.36. The first-order valence-corrected chi connectivity index (χ1v) is 14.3. The summed E-state index contributed by atoms with van der Waals surface area (Å²) in [6, 6.07) is 19.4. The summed E-state index contributed by atoms with van der Waals surface area (Å²) in [7, 11) is 0. The number of pyridine rings is 1. The third-order valence-corrected chi connectivity index (χ3v) is 9.35. The van der Waals surface area contributed by atoms with Gasteiger partial charge in [0.05, 0.1) is 11.1 Å². The van der Waals surface area contributed by atoms with Crippen LogP contribution in [0.4, 0.5) is 11.4 Å². The molecule has 0 spiro atoms. The van der Waals surface area contributed by atoms with Gasteiger partial charge in [-0.2, -0.15) is 5.26 Å². The van der Waals surface area contributed by atoms with Crippen LogP contribution in [0.3, 0.4) is 0 Å². The van der Waals surface area contributed by atoms with Gasteiger partial charge in [0.1, 0.15) is 6.07 Å². The quantitative estimate of drug-likeness (QED) is 0.584. The minimum atomic E-state index is 0.500. The molecular weight excluding hydrogens is 470 g/mol. The number of nitrogens with one attached hydrogen (secondary N) is 1. The van der Waals surface area contributed by atoms with Crippen molar-refractivity contribution in [3.05, 3.63) is 65.4 Å². The van der Waals surface area contributed by atoms with E-state index in [-0.39, 0.29) is 0 Å². The molecule has 3 aromatic rings. The van der Waals surface area contributed by atoms with Crippen molar-refractivity contribution in [2.24, 2.45) is 0 Å². The van der Waals surface area contributed by atoms with E-state index in [2.05, 4.69) is 73.2 Å². The zero-order chi connectivity index (χ0) is 25.6. The number of nitrogens with zero attached hydrogens (tertiary/aromatic N) is 6. The highest BCUT2D eigenvalue weighted by atomic mass is 15.4. The summed E-state index contributed by atoms with van der Waals surface area (Å²) in [6.07, 6.45) is 4.17. The van der Waals surface area contributed by atoms with Crippen LogP contribution in [0.1, 0.15) is 30.0 Å². The smallest absolute Gasteiger partial charge is 0.101 e. The zero-order valence-corrected chi connectivity index (χ0v) is 22.3. The average molecular weight is 508 g/mol. The Morgan fingerprint density at radius 1 is 0.947 bits per heavy atom. The number of rotatable bonds is 3. The zero-order valence-electron chi connectivity index (χ0n) is 22.3. The van der Waals surface area contributed by atoms with Gasteiger partial charge in [-0.05, 0) is 67.3 Å². The molecule has 3 fully saturated rings. The summed E-state index contributed by atoms with van der Waals surface area (Å²) in [4.78, 5) is 15.1. The van der Waals surface area contributed by atoms with Gasteiger partial charge in [-0.15, -0.1) is 0 Å². The first-order valence-electron chi connectivity index (χ1n) is 14.3. The number of benzene rings is 2. The normalized spacial score (nSPS) is 26.3. The molecule has 7 nitrogen and oxygen atoms in total. The van der Waals surface area contributed by atoms with Gasteiger partial charge in [0.25, 0.3) is 0 Å². The van der Waals surface area contributed by atoms with E-state index in [1.165, 1.54) is 29.9 Å². The SMILES string of the molecule is C[C@@H]1CN(c2ccc(C#N)c3ncccc23)C[C@@H]2C[C@H](N3CCc4cc(N5CCNCC5)ccc4C3)CN21. The van der Waals surface area contributed by atoms with Crippen LogP contribution in [0.15, 0.2) is 48.7 Å². The lowest BCUT2D eigenvalue weighted by Gasteiger charge is -2.43. The molecule has 0 amide bonds. The summed E-state index contributed by atoms with van der Waals surface area (Å²) in [6.45, 7) is 12.2. The second-order valence-electron chi connectivity index (χ2n) is 11.5. The first-order chi connectivity index (χ1) is 18.7. The summed E-state index contributed by atoms with van der Waals surface area (Å²) < 4.78 is 0. The molecule has 4 aliphatic heterocycles. The molecule has 7 rings (SSSR count). The summed E-state index contributed by atoms with van der Waals surface area (Å²) in [5.74, 6) is 0. The van der Waals surface area contributed by atoms with Gasteiger partial charge >= 0.3 is 0 Å². The lowest BCUT2D eigenvalue weighted by molar-refractivity contribution is 0.146. The van der Waals surface area contributed by atoms with Crippen LogP contribution < -0.4 is 15.1 Å². The van der Waals surface area contributed by atoms with Crippen molar-refractivity contribution in [1.29, 1.82) is 5.26 Å². The van der Waals surface area contributed by atoms with Crippen molar-refractivity contribution in [3.8, 4) is 6.07 Å². The Kier molecular flexibility index (Phi) is 6.19. The molecule has 0 unspecified atom stereocenters. The summed E-state index contributed by atoms with van der Waals surface area (Å²) in [5.41, 5.74) is 7.16. The number of hydrogen-bond acceptors (Lipinski definition) is 7. The van der Waals surface area contributed by atoms with E-state index in [1.54, 1.807) is 11.8 Å². The molecule has 0 bridgehead atoms. The highest BCUT2D eigenvalue weighted by Gasteiger charge is 2.42. The molecule has 0 aliphatic carbocycles. The van der Waals surface area contributed by atoms with E-state index < -0.39 is 0 Å². The molecule has 196 valence electrons. The van der Waals surface area contributed by atoms with Gasteiger partial charge in [0.15, 0.2) is 0 Å². The molecular formula is C31H37N7. The third kappa shape index (κ3) is 4.21. The minimum absolute atomic E-state index is 0.500. The van der Waals surface area contributed by atoms with E-state index in [1.807, 2.05) is 12.1 Å². The van der Waals surface area contributed by atoms with Gasteiger partial charge in [0, 0.05) is 100.0 Å². The maximum absolute atomic E-state index is 9.57. The Hall–Kier alpha value is -3.18. The molecule has 3 atom stereocenters. The minimum Gasteiger partial charge on any atom is -0.369 e. The number of piperazine rings is 2. The number of hydrogen-bond donors (Lipinski definition) is 1. The molecule has 1 aromatic heterocycles. The molecule has 5 heterocycles. The Bertz CT molecular complexity index is 1370. The molecule has 38 heavy (non-hydrogen) atoms. The van der Waals surface area contributed by atoms with Gasteiger partial charge in [-0.3, -0.25) is 14.8 Å². The topological polar surface area (TPSA) is 61.7 Å². The van der Waals surface area contributed by atoms with Crippen LogP contribution in [0.2, 0.25) is 0 Å². The molecule has 3 saturated heterocycles. The maximum Gasteiger partial charge on any atom is 0.101 e. The molecule has 4 aliphatic rings. The van der Waals surface area contributed by atoms with Crippen molar-refractivity contribution >= 4 is 22.3 Å². The highest BCUT2D eigenvalue weighted by molar-refractivity contribution is 5.95. The fourth-order valence-electron chi connectivity index (χ4n) is 7.37. The monoisotopic (exact) mass is 507 g/mol. The first kappa shape index (κ1) is 23.9. The van der Waals surface area contributed by atoms with Crippen LogP contribution in [0, 0.1) is 11.3 Å². The van der Waals surface area contributed by atoms with E-state index in [0.717, 1.165) is 69.7 Å². The Morgan fingerprint density at radius 3 is 2.71 bits per heavy atom. The molecule has 1 N–H and O–H groups in total. The van der Waals surface area contributed by atoms with Crippen molar-refractivity contribution in [3.63, 3.8) is 0 Å². The second kappa shape index (κ2) is 9.85. The predicted molar refractivity (Wildman–Crippen MR) is 153 cm³/mol. The maximum atomic E-state index is 9.57. The second-order valence-corrected chi connectivity index (χ2v) is 11.5. The lowest BCUT2D eigenvalue weighted by atomic mass is 9.96. The Balaban J connectivity index is 1.06. The fourth-order valence-corrected chi connectivity index (χ4v) is 7.37. The van der Waals surface area contributed by atoms with Crippen LogP contribution >= 0.6 is 0 Å². The Morgan fingerprint density at radius 2 is 1.84 bits per heavy atom. The van der Waals surface area contributed by atoms with Crippen molar-refractivity contribution in [1.82, 2.24) is 20.1 Å². The predicted octanol–water partition coefficient (Wildman–Crippen LogP) is 3.23. The molecule has 0 saturated carbocycles. The summed E-state index contributed by atoms with van der Waals surface area (Å²) >= 11 is 0. The van der Waals surface area contributed by atoms with E-state index >= 15 is 0 Å². The van der Waals surface area contributed by atoms with Crippen molar-refractivity contribution in [2.45, 2.75) is 44.4 Å². The average Bonchev–Trinajstić information content (AvgIpc) is 3.41. The van der Waals surface area contributed by atoms with E-state index in [9.17, 15) is 5.26 Å². The van der Waals surface area contributed by atoms with Crippen LogP contribution in [-0.2, 0) is 13.0 Å². The third-order valence-electron chi connectivity index (χ3n) is 9.35. The lowest BCUT2D eigenvalue weighted by Crippen LogP contribution is -2.55. The van der Waals surface area contributed by atoms with E-state index in [4.69, 9.17) is 0 Å². The van der Waals surface area contributed by atoms with Gasteiger partial charge in [0.2, 0.25) is 0 Å². The van der Waals surface area contributed by atoms with Crippen LogP contribution in [0.25, 0.3) is 10.9 Å². The van der Waals surface area contributed by atoms with Crippen molar-refractivity contribution < 1.29 is 0 Å². The van der Waals surface area contributed by atoms with Gasteiger partial charge in [-0.25, -0.2) is 0 Å². The molecule has 0 radical (unpaired) electrons. The van der Waals surface area contributed by atoms with Crippen molar-refractivity contribution in [2.75, 3.05) is 62.2 Å². The number of fused-ring (bicyclic) bond motifs is 3. The molecule has 2 aromatic carbocycles. The van der Waals surface area contributed by atoms with Crippen LogP contribution in [-0.4, -0.2) is 85.3 Å². The van der Waals surface area contributed by atoms with E-state index in [0.29, 0.717) is 23.7 Å². The van der Waals surface area contributed by atoms with Crippen LogP contribution in [0.5, 0.6) is 0 Å². The summed E-state index contributed by atoms with van der Waals surface area (Å²) in [5, 5.41) is 14.1.